The average Bonchev–Trinajstić information content (AvgIpc) is 3.25. The first-order valence-corrected chi connectivity index (χ1v) is 16.6. The lowest BCUT2D eigenvalue weighted by atomic mass is 10.1. The van der Waals surface area contributed by atoms with Gasteiger partial charge in [0.05, 0.1) is 34.5 Å². The summed E-state index contributed by atoms with van der Waals surface area (Å²) in [4.78, 5) is 22.4. The molecule has 1 aromatic carbocycles. The fourth-order valence-electron chi connectivity index (χ4n) is 4.33. The molecule has 0 radical (unpaired) electrons. The molecule has 1 aliphatic rings. The van der Waals surface area contributed by atoms with E-state index >= 15 is 0 Å². The molecule has 2 aromatic heterocycles. The summed E-state index contributed by atoms with van der Waals surface area (Å²) in [6.07, 6.45) is 5.49. The van der Waals surface area contributed by atoms with Crippen molar-refractivity contribution < 1.29 is 9.53 Å². The first-order chi connectivity index (χ1) is 17.8. The Morgan fingerprint density at radius 2 is 1.92 bits per heavy atom. The minimum Gasteiger partial charge on any atom is -0.414 e. The molecule has 0 amide bonds. The van der Waals surface area contributed by atoms with Crippen molar-refractivity contribution in [3.05, 3.63) is 74.8 Å². The van der Waals surface area contributed by atoms with E-state index in [-0.39, 0.29) is 28.8 Å². The third-order valence-corrected chi connectivity index (χ3v) is 12.9. The smallest absolute Gasteiger partial charge is 0.251 e. The van der Waals surface area contributed by atoms with E-state index in [0.29, 0.717) is 40.3 Å². The molecular formula is C28H36Cl2N4O3Si. The van der Waals surface area contributed by atoms with Crippen LogP contribution in [0.1, 0.15) is 51.6 Å². The van der Waals surface area contributed by atoms with Crippen molar-refractivity contribution in [3.8, 4) is 11.3 Å². The van der Waals surface area contributed by atoms with Gasteiger partial charge in [-0.25, -0.2) is 9.97 Å². The van der Waals surface area contributed by atoms with Gasteiger partial charge in [-0.1, -0.05) is 50.0 Å². The van der Waals surface area contributed by atoms with Crippen molar-refractivity contribution in [2.45, 2.75) is 76.4 Å². The third kappa shape index (κ3) is 6.66. The van der Waals surface area contributed by atoms with Gasteiger partial charge in [0, 0.05) is 30.1 Å². The second kappa shape index (κ2) is 11.5. The number of aliphatic hydroxyl groups is 1. The van der Waals surface area contributed by atoms with Crippen LogP contribution in [0.4, 0.5) is 5.95 Å². The van der Waals surface area contributed by atoms with E-state index in [4.69, 9.17) is 27.6 Å². The Hall–Kier alpha value is -2.23. The molecule has 3 atom stereocenters. The predicted molar refractivity (Wildman–Crippen MR) is 157 cm³/mol. The summed E-state index contributed by atoms with van der Waals surface area (Å²) in [5.74, 6) is 0.488. The van der Waals surface area contributed by atoms with Crippen molar-refractivity contribution in [1.82, 2.24) is 14.5 Å². The largest absolute Gasteiger partial charge is 0.414 e. The Morgan fingerprint density at radius 3 is 2.55 bits per heavy atom. The maximum absolute atomic E-state index is 13.5. The monoisotopic (exact) mass is 574 g/mol. The lowest BCUT2D eigenvalue weighted by molar-refractivity contribution is 0.182. The van der Waals surface area contributed by atoms with Crippen LogP contribution in [0, 0.1) is 0 Å². The van der Waals surface area contributed by atoms with Crippen molar-refractivity contribution in [2.75, 3.05) is 11.9 Å². The van der Waals surface area contributed by atoms with Crippen LogP contribution in [0.2, 0.25) is 28.2 Å². The maximum atomic E-state index is 13.5. The van der Waals surface area contributed by atoms with Crippen LogP contribution in [-0.2, 0) is 4.43 Å². The summed E-state index contributed by atoms with van der Waals surface area (Å²) in [6, 6.07) is 10.4. The molecule has 7 nitrogen and oxygen atoms in total. The number of nitrogens with zero attached hydrogens (tertiary/aromatic N) is 3. The number of hydrogen-bond donors (Lipinski definition) is 2. The molecule has 1 saturated carbocycles. The highest BCUT2D eigenvalue weighted by Gasteiger charge is 2.38. The fraction of sp³-hybridized carbons (Fsp3) is 0.464. The van der Waals surface area contributed by atoms with Gasteiger partial charge >= 0.3 is 0 Å². The summed E-state index contributed by atoms with van der Waals surface area (Å²) in [7, 11) is -2.08. The van der Waals surface area contributed by atoms with Gasteiger partial charge in [0.25, 0.3) is 5.56 Å². The molecule has 1 aliphatic carbocycles. The lowest BCUT2D eigenvalue weighted by Crippen LogP contribution is -2.43. The van der Waals surface area contributed by atoms with E-state index in [1.807, 2.05) is 12.1 Å². The summed E-state index contributed by atoms with van der Waals surface area (Å²) in [5, 5.41) is 14.0. The molecule has 0 unspecified atom stereocenters. The predicted octanol–water partition coefficient (Wildman–Crippen LogP) is 6.55. The van der Waals surface area contributed by atoms with Crippen molar-refractivity contribution in [3.63, 3.8) is 0 Å². The number of benzene rings is 1. The van der Waals surface area contributed by atoms with Gasteiger partial charge in [-0.15, -0.1) is 0 Å². The van der Waals surface area contributed by atoms with E-state index in [1.165, 1.54) is 0 Å². The van der Waals surface area contributed by atoms with Gasteiger partial charge in [-0.2, -0.15) is 0 Å². The van der Waals surface area contributed by atoms with Crippen LogP contribution in [-0.4, -0.2) is 46.7 Å². The fourth-order valence-corrected chi connectivity index (χ4v) is 5.64. The van der Waals surface area contributed by atoms with Gasteiger partial charge in [-0.3, -0.25) is 4.79 Å². The van der Waals surface area contributed by atoms with Crippen LogP contribution >= 0.6 is 23.2 Å². The first-order valence-electron chi connectivity index (χ1n) is 12.9. The van der Waals surface area contributed by atoms with E-state index in [0.717, 1.165) is 18.4 Å². The third-order valence-electron chi connectivity index (χ3n) is 7.71. The number of rotatable bonds is 8. The molecule has 10 heteroatoms. The highest BCUT2D eigenvalue weighted by Crippen LogP contribution is 2.38. The zero-order chi connectivity index (χ0) is 27.7. The molecular weight excluding hydrogens is 539 g/mol. The zero-order valence-electron chi connectivity index (χ0n) is 22.5. The number of nitrogens with one attached hydrogen (secondary N) is 1. The van der Waals surface area contributed by atoms with Gasteiger partial charge in [0.15, 0.2) is 8.32 Å². The average molecular weight is 576 g/mol. The molecule has 1 fully saturated rings. The quantitative estimate of drug-likeness (QED) is 0.296. The minimum absolute atomic E-state index is 0.0271. The molecule has 204 valence electrons. The van der Waals surface area contributed by atoms with Crippen LogP contribution in [0.25, 0.3) is 11.3 Å². The van der Waals surface area contributed by atoms with E-state index < -0.39 is 8.32 Å². The summed E-state index contributed by atoms with van der Waals surface area (Å²) in [6.45, 7) is 11.3. The van der Waals surface area contributed by atoms with Gasteiger partial charge in [0.2, 0.25) is 5.95 Å². The summed E-state index contributed by atoms with van der Waals surface area (Å²) in [5.41, 5.74) is 2.01. The van der Waals surface area contributed by atoms with Crippen LogP contribution < -0.4 is 10.9 Å². The lowest BCUT2D eigenvalue weighted by Gasteiger charge is -2.37. The molecule has 2 N–H and O–H groups in total. The molecule has 2 heterocycles. The number of hydrogen-bond acceptors (Lipinski definition) is 6. The number of aromatic nitrogens is 3. The Labute approximate surface area is 235 Å². The zero-order valence-corrected chi connectivity index (χ0v) is 25.1. The van der Waals surface area contributed by atoms with E-state index in [2.05, 4.69) is 49.1 Å². The van der Waals surface area contributed by atoms with Gasteiger partial charge in [0.1, 0.15) is 0 Å². The minimum atomic E-state index is -2.08. The van der Waals surface area contributed by atoms with E-state index in [9.17, 15) is 9.90 Å². The van der Waals surface area contributed by atoms with Gasteiger partial charge < -0.3 is 19.4 Å². The summed E-state index contributed by atoms with van der Waals surface area (Å²) >= 11 is 12.5. The number of anilines is 1. The molecule has 3 aromatic rings. The van der Waals surface area contributed by atoms with Gasteiger partial charge in [-0.05, 0) is 67.2 Å². The van der Waals surface area contributed by atoms with Crippen LogP contribution in [0.5, 0.6) is 0 Å². The second-order valence-corrected chi connectivity index (χ2v) is 17.1. The molecule has 0 saturated heterocycles. The van der Waals surface area contributed by atoms with Crippen LogP contribution in [0.15, 0.2) is 53.6 Å². The highest BCUT2D eigenvalue weighted by molar-refractivity contribution is 6.74. The molecule has 38 heavy (non-hydrogen) atoms. The SMILES string of the molecule is CC(C)(C)[Si](C)(C)OC[C@H](c1ccc(Cl)c(Cl)c1)n1ccc(-c2ccnc(N[C@H]3CC[C@H](O)C3)n2)cc1=O. The standard InChI is InChI=1S/C28H36Cl2N4O3Si/c1-28(2,3)38(4,5)37-17-25(19-6-9-22(29)23(30)14-19)34-13-11-18(15-26(34)36)24-10-12-31-27(33-24)32-20-7-8-21(35)16-20/h6,9-15,20-21,25,35H,7-8,16-17H2,1-5H3,(H,31,32,33)/t20-,21-,25+/m0/s1. The number of aliphatic hydroxyl groups excluding tert-OH is 1. The number of halogens is 2. The maximum Gasteiger partial charge on any atom is 0.251 e. The molecule has 4 rings (SSSR count). The number of pyridine rings is 1. The Balaban J connectivity index is 1.63. The Morgan fingerprint density at radius 1 is 1.16 bits per heavy atom. The topological polar surface area (TPSA) is 89.3 Å². The highest BCUT2D eigenvalue weighted by atomic mass is 35.5. The van der Waals surface area contributed by atoms with Crippen molar-refractivity contribution >= 4 is 37.5 Å². The normalized spacial score (nSPS) is 18.9. The molecule has 0 bridgehead atoms. The van der Waals surface area contributed by atoms with E-state index in [1.54, 1.807) is 41.2 Å². The Bertz CT molecular complexity index is 1340. The Kier molecular flexibility index (Phi) is 8.69. The molecule has 0 aliphatic heterocycles. The second-order valence-electron chi connectivity index (χ2n) is 11.5. The first kappa shape index (κ1) is 28.8. The molecule has 0 spiro atoms. The van der Waals surface area contributed by atoms with Crippen molar-refractivity contribution in [1.29, 1.82) is 0 Å². The summed E-state index contributed by atoms with van der Waals surface area (Å²) < 4.78 is 8.22. The van der Waals surface area contributed by atoms with Crippen LogP contribution in [0.3, 0.4) is 0 Å². The van der Waals surface area contributed by atoms with Crippen molar-refractivity contribution in [2.24, 2.45) is 0 Å².